The van der Waals surface area contributed by atoms with Crippen LogP contribution >= 0.6 is 0 Å². The molecule has 8 nitrogen and oxygen atoms in total. The van der Waals surface area contributed by atoms with E-state index in [0.717, 1.165) is 11.6 Å². The Hall–Kier alpha value is -3.77. The zero-order valence-corrected chi connectivity index (χ0v) is 15.9. The summed E-state index contributed by atoms with van der Waals surface area (Å²) in [7, 11) is 0. The van der Waals surface area contributed by atoms with Crippen molar-refractivity contribution in [1.29, 1.82) is 0 Å². The van der Waals surface area contributed by atoms with Gasteiger partial charge in [0.15, 0.2) is 11.6 Å². The van der Waals surface area contributed by atoms with Gasteiger partial charge in [0.25, 0.3) is 0 Å². The van der Waals surface area contributed by atoms with Gasteiger partial charge >= 0.3 is 5.97 Å². The van der Waals surface area contributed by atoms with E-state index < -0.39 is 22.8 Å². The largest absolute Gasteiger partial charge is 0.477 e. The Morgan fingerprint density at radius 1 is 1.37 bits per heavy atom. The van der Waals surface area contributed by atoms with Crippen molar-refractivity contribution >= 4 is 22.8 Å². The average molecular weight is 407 g/mol. The molecular formula is C21H18FN5O3. The first-order valence-electron chi connectivity index (χ1n) is 9.30. The monoisotopic (exact) mass is 407 g/mol. The summed E-state index contributed by atoms with van der Waals surface area (Å²) in [6.07, 6.45) is 5.12. The number of hydrogen-bond acceptors (Lipinski definition) is 6. The first-order valence-corrected chi connectivity index (χ1v) is 9.30. The van der Waals surface area contributed by atoms with Crippen LogP contribution in [0.15, 0.2) is 41.6 Å². The minimum atomic E-state index is -1.40. The van der Waals surface area contributed by atoms with Crippen molar-refractivity contribution in [2.45, 2.75) is 19.0 Å². The van der Waals surface area contributed by atoms with Crippen LogP contribution in [-0.2, 0) is 6.54 Å². The predicted molar refractivity (Wildman–Crippen MR) is 109 cm³/mol. The van der Waals surface area contributed by atoms with Crippen molar-refractivity contribution in [3.05, 3.63) is 64.0 Å². The first kappa shape index (κ1) is 19.5. The molecule has 1 aliphatic heterocycles. The van der Waals surface area contributed by atoms with E-state index in [2.05, 4.69) is 21.8 Å². The lowest BCUT2D eigenvalue weighted by atomic mass is 10.2. The molecule has 1 atom stereocenters. The summed E-state index contributed by atoms with van der Waals surface area (Å²) in [4.78, 5) is 34.1. The molecule has 30 heavy (non-hydrogen) atoms. The van der Waals surface area contributed by atoms with Gasteiger partial charge in [-0.3, -0.25) is 9.78 Å². The summed E-state index contributed by atoms with van der Waals surface area (Å²) < 4.78 is 16.2. The predicted octanol–water partition coefficient (Wildman–Crippen LogP) is 1.22. The lowest BCUT2D eigenvalue weighted by Crippen LogP contribution is -2.28. The van der Waals surface area contributed by atoms with Crippen molar-refractivity contribution < 1.29 is 14.3 Å². The number of carbonyl (C=O) groups is 1. The lowest BCUT2D eigenvalue weighted by molar-refractivity contribution is 0.0695. The molecular weight excluding hydrogens is 389 g/mol. The Bertz CT molecular complexity index is 1250. The molecule has 1 saturated heterocycles. The molecule has 4 rings (SSSR count). The van der Waals surface area contributed by atoms with Crippen LogP contribution in [0, 0.1) is 17.7 Å². The van der Waals surface area contributed by atoms with Crippen LogP contribution in [0.3, 0.4) is 0 Å². The molecule has 0 aromatic carbocycles. The number of aromatic nitrogens is 3. The molecule has 1 unspecified atom stereocenters. The molecule has 4 heterocycles. The van der Waals surface area contributed by atoms with Crippen LogP contribution in [0.25, 0.3) is 11.0 Å². The second kappa shape index (κ2) is 7.93. The molecule has 0 spiro atoms. The van der Waals surface area contributed by atoms with Gasteiger partial charge in [0, 0.05) is 43.3 Å². The molecule has 3 aromatic heterocycles. The summed E-state index contributed by atoms with van der Waals surface area (Å²) in [6.45, 7) is 1.07. The Labute approximate surface area is 170 Å². The van der Waals surface area contributed by atoms with Gasteiger partial charge in [-0.1, -0.05) is 11.8 Å². The Balaban J connectivity index is 1.84. The van der Waals surface area contributed by atoms with Gasteiger partial charge < -0.3 is 20.3 Å². The zero-order chi connectivity index (χ0) is 21.3. The van der Waals surface area contributed by atoms with E-state index in [9.17, 15) is 19.1 Å². The number of fused-ring (bicyclic) bond motifs is 1. The molecule has 0 radical (unpaired) electrons. The standard InChI is InChI=1S/C21H18FN5O3/c22-17-10-15-18(28)16(21(29)30)12-26(8-1-2-13-3-6-24-7-4-13)19(15)25-20(17)27-9-5-14(23)11-27/h3-4,6-7,10,12,14H,5,8-9,11,23H2,(H,29,30). The van der Waals surface area contributed by atoms with Crippen molar-refractivity contribution in [2.24, 2.45) is 5.73 Å². The quantitative estimate of drug-likeness (QED) is 0.628. The van der Waals surface area contributed by atoms with Gasteiger partial charge in [-0.25, -0.2) is 14.2 Å². The number of carboxylic acid groups (broad SMARTS) is 1. The van der Waals surface area contributed by atoms with Gasteiger partial charge in [-0.15, -0.1) is 0 Å². The number of halogens is 1. The van der Waals surface area contributed by atoms with E-state index in [1.54, 1.807) is 29.4 Å². The summed E-state index contributed by atoms with van der Waals surface area (Å²) in [5.41, 5.74) is 5.57. The third-order valence-electron chi connectivity index (χ3n) is 4.90. The fourth-order valence-electron chi connectivity index (χ4n) is 3.41. The fourth-order valence-corrected chi connectivity index (χ4v) is 3.41. The van der Waals surface area contributed by atoms with Gasteiger partial charge in [-0.2, -0.15) is 0 Å². The van der Waals surface area contributed by atoms with E-state index in [-0.39, 0.29) is 29.4 Å². The number of carboxylic acids is 1. The molecule has 3 aromatic rings. The average Bonchev–Trinajstić information content (AvgIpc) is 3.16. The van der Waals surface area contributed by atoms with Crippen LogP contribution in [0.5, 0.6) is 0 Å². The van der Waals surface area contributed by atoms with Crippen molar-refractivity contribution in [3.8, 4) is 11.8 Å². The highest BCUT2D eigenvalue weighted by Gasteiger charge is 2.25. The van der Waals surface area contributed by atoms with Crippen LogP contribution in [0.2, 0.25) is 0 Å². The summed E-state index contributed by atoms with van der Waals surface area (Å²) in [5, 5.41) is 9.28. The maximum Gasteiger partial charge on any atom is 0.341 e. The molecule has 0 saturated carbocycles. The maximum atomic E-state index is 14.7. The smallest absolute Gasteiger partial charge is 0.341 e. The van der Waals surface area contributed by atoms with Gasteiger partial charge in [-0.05, 0) is 24.6 Å². The van der Waals surface area contributed by atoms with Crippen molar-refractivity contribution in [2.75, 3.05) is 18.0 Å². The summed E-state index contributed by atoms with van der Waals surface area (Å²) in [6, 6.07) is 4.44. The SMILES string of the molecule is NC1CCN(c2nc3c(cc2F)c(=O)c(C(=O)O)cn3CC#Cc2ccncc2)C1. The number of anilines is 1. The minimum Gasteiger partial charge on any atom is -0.477 e. The van der Waals surface area contributed by atoms with Gasteiger partial charge in [0.05, 0.1) is 11.9 Å². The molecule has 1 aliphatic rings. The fraction of sp³-hybridized carbons (Fsp3) is 0.238. The van der Waals surface area contributed by atoms with E-state index in [4.69, 9.17) is 5.73 Å². The molecule has 9 heteroatoms. The second-order valence-corrected chi connectivity index (χ2v) is 7.00. The minimum absolute atomic E-state index is 0.0664. The van der Waals surface area contributed by atoms with Crippen LogP contribution in [0.4, 0.5) is 10.2 Å². The van der Waals surface area contributed by atoms with Crippen LogP contribution < -0.4 is 16.1 Å². The number of hydrogen-bond donors (Lipinski definition) is 2. The van der Waals surface area contributed by atoms with Gasteiger partial charge in [0.1, 0.15) is 11.2 Å². The number of aromatic carboxylic acids is 1. The van der Waals surface area contributed by atoms with Crippen molar-refractivity contribution in [3.63, 3.8) is 0 Å². The first-order chi connectivity index (χ1) is 14.4. The van der Waals surface area contributed by atoms with E-state index in [0.29, 0.717) is 19.5 Å². The molecule has 0 aliphatic carbocycles. The number of rotatable bonds is 3. The molecule has 0 amide bonds. The molecule has 3 N–H and O–H groups in total. The number of nitrogens with two attached hydrogens (primary N) is 1. The van der Waals surface area contributed by atoms with Crippen LogP contribution in [-0.4, -0.2) is 44.7 Å². The van der Waals surface area contributed by atoms with Crippen molar-refractivity contribution in [1.82, 2.24) is 14.5 Å². The molecule has 152 valence electrons. The Morgan fingerprint density at radius 3 is 2.80 bits per heavy atom. The van der Waals surface area contributed by atoms with E-state index >= 15 is 0 Å². The Morgan fingerprint density at radius 2 is 2.13 bits per heavy atom. The third-order valence-corrected chi connectivity index (χ3v) is 4.90. The topological polar surface area (TPSA) is 114 Å². The molecule has 1 fully saturated rings. The third kappa shape index (κ3) is 3.73. The van der Waals surface area contributed by atoms with E-state index in [1.807, 2.05) is 0 Å². The highest BCUT2D eigenvalue weighted by Crippen LogP contribution is 2.24. The number of pyridine rings is 3. The highest BCUT2D eigenvalue weighted by atomic mass is 19.1. The van der Waals surface area contributed by atoms with E-state index in [1.165, 1.54) is 10.8 Å². The number of nitrogens with zero attached hydrogens (tertiary/aromatic N) is 4. The summed E-state index contributed by atoms with van der Waals surface area (Å²) >= 11 is 0. The maximum absolute atomic E-state index is 14.7. The highest BCUT2D eigenvalue weighted by molar-refractivity contribution is 5.92. The zero-order valence-electron chi connectivity index (χ0n) is 15.9. The molecule has 0 bridgehead atoms. The van der Waals surface area contributed by atoms with Gasteiger partial charge in [0.2, 0.25) is 5.43 Å². The Kier molecular flexibility index (Phi) is 5.16. The normalized spacial score (nSPS) is 15.8. The van der Waals surface area contributed by atoms with Crippen LogP contribution in [0.1, 0.15) is 22.3 Å². The second-order valence-electron chi connectivity index (χ2n) is 7.00. The summed E-state index contributed by atoms with van der Waals surface area (Å²) in [5.74, 6) is 3.88. The lowest BCUT2D eigenvalue weighted by Gasteiger charge is -2.19.